The molecule has 0 fully saturated rings. The third kappa shape index (κ3) is 4.89. The van der Waals surface area contributed by atoms with Crippen molar-refractivity contribution in [2.45, 2.75) is 18.7 Å². The number of aryl methyl sites for hydroxylation is 2. The second-order valence-corrected chi connectivity index (χ2v) is 7.82. The molecule has 2 amide bonds. The fraction of sp³-hybridized carbons (Fsp3) is 0.0952. The molecule has 28 heavy (non-hydrogen) atoms. The van der Waals surface area contributed by atoms with Crippen LogP contribution in [0, 0.1) is 13.8 Å². The van der Waals surface area contributed by atoms with Gasteiger partial charge in [-0.3, -0.25) is 0 Å². The van der Waals surface area contributed by atoms with Gasteiger partial charge in [0.2, 0.25) is 0 Å². The quantitative estimate of drug-likeness (QED) is 0.612. The molecule has 0 aliphatic heterocycles. The molecule has 0 atom stereocenters. The van der Waals surface area contributed by atoms with Crippen LogP contribution in [0.2, 0.25) is 0 Å². The molecule has 3 aromatic carbocycles. The van der Waals surface area contributed by atoms with E-state index in [0.29, 0.717) is 11.4 Å². The minimum atomic E-state index is -3.92. The molecule has 0 radical (unpaired) electrons. The maximum atomic E-state index is 12.3. The minimum absolute atomic E-state index is 0.0901. The topological polar surface area (TPSA) is 84.5 Å². The van der Waals surface area contributed by atoms with E-state index in [1.54, 1.807) is 24.3 Å². The van der Waals surface area contributed by atoms with Crippen LogP contribution in [0.5, 0.6) is 5.75 Å². The number of carbonyl (C=O) groups is 1. The van der Waals surface area contributed by atoms with Crippen molar-refractivity contribution in [2.24, 2.45) is 0 Å². The van der Waals surface area contributed by atoms with Crippen molar-refractivity contribution in [3.05, 3.63) is 83.9 Å². The number of hydrogen-bond donors (Lipinski definition) is 2. The first-order valence-corrected chi connectivity index (χ1v) is 9.99. The van der Waals surface area contributed by atoms with Crippen LogP contribution in [0.1, 0.15) is 11.1 Å². The van der Waals surface area contributed by atoms with Crippen LogP contribution in [0.4, 0.5) is 16.2 Å². The van der Waals surface area contributed by atoms with E-state index in [4.69, 9.17) is 4.18 Å². The highest BCUT2D eigenvalue weighted by Crippen LogP contribution is 2.22. The van der Waals surface area contributed by atoms with Crippen molar-refractivity contribution in [3.8, 4) is 5.75 Å². The fourth-order valence-corrected chi connectivity index (χ4v) is 3.57. The Morgan fingerprint density at radius 3 is 2.25 bits per heavy atom. The van der Waals surface area contributed by atoms with E-state index in [1.165, 1.54) is 18.2 Å². The van der Waals surface area contributed by atoms with E-state index in [0.717, 1.165) is 11.1 Å². The van der Waals surface area contributed by atoms with Gasteiger partial charge < -0.3 is 14.8 Å². The number of amides is 2. The van der Waals surface area contributed by atoms with Gasteiger partial charge in [-0.15, -0.1) is 0 Å². The Bertz CT molecular complexity index is 1090. The zero-order valence-electron chi connectivity index (χ0n) is 15.5. The van der Waals surface area contributed by atoms with E-state index in [9.17, 15) is 13.2 Å². The molecular weight excluding hydrogens is 376 g/mol. The summed E-state index contributed by atoms with van der Waals surface area (Å²) >= 11 is 0. The van der Waals surface area contributed by atoms with E-state index >= 15 is 0 Å². The first-order valence-electron chi connectivity index (χ1n) is 8.58. The summed E-state index contributed by atoms with van der Waals surface area (Å²) in [4.78, 5) is 12.2. The highest BCUT2D eigenvalue weighted by molar-refractivity contribution is 7.87. The monoisotopic (exact) mass is 396 g/mol. The lowest BCUT2D eigenvalue weighted by atomic mass is 10.2. The number of para-hydroxylation sites is 1. The normalized spacial score (nSPS) is 10.9. The van der Waals surface area contributed by atoms with Gasteiger partial charge >= 0.3 is 16.1 Å². The van der Waals surface area contributed by atoms with Crippen molar-refractivity contribution >= 4 is 27.5 Å². The molecule has 7 heteroatoms. The van der Waals surface area contributed by atoms with Crippen LogP contribution in [0.15, 0.2) is 77.7 Å². The van der Waals surface area contributed by atoms with Crippen molar-refractivity contribution in [1.29, 1.82) is 0 Å². The Labute approximate surface area is 164 Å². The molecule has 0 aliphatic rings. The largest absolute Gasteiger partial charge is 0.379 e. The molecule has 0 heterocycles. The average Bonchev–Trinajstić information content (AvgIpc) is 2.65. The number of nitrogens with one attached hydrogen (secondary N) is 2. The maximum absolute atomic E-state index is 12.3. The van der Waals surface area contributed by atoms with Crippen LogP contribution < -0.4 is 14.8 Å². The predicted octanol–water partition coefficient (Wildman–Crippen LogP) is 4.72. The number of carbonyl (C=O) groups excluding carboxylic acids is 1. The summed E-state index contributed by atoms with van der Waals surface area (Å²) in [6.45, 7) is 3.71. The lowest BCUT2D eigenvalue weighted by molar-refractivity contribution is 0.262. The predicted molar refractivity (Wildman–Crippen MR) is 109 cm³/mol. The van der Waals surface area contributed by atoms with Crippen LogP contribution in [-0.4, -0.2) is 14.4 Å². The van der Waals surface area contributed by atoms with E-state index in [2.05, 4.69) is 10.6 Å². The van der Waals surface area contributed by atoms with Crippen LogP contribution in [-0.2, 0) is 10.1 Å². The van der Waals surface area contributed by atoms with Crippen molar-refractivity contribution in [2.75, 3.05) is 10.6 Å². The summed E-state index contributed by atoms with van der Waals surface area (Å²) < 4.78 is 29.9. The first kappa shape index (κ1) is 19.4. The SMILES string of the molecule is Cc1cccc(S(=O)(=O)Oc2ccc(NC(=O)Nc3ccccc3C)cc2)c1. The Kier molecular flexibility index (Phi) is 5.65. The molecule has 0 saturated heterocycles. The van der Waals surface area contributed by atoms with Gasteiger partial charge in [0.05, 0.1) is 0 Å². The van der Waals surface area contributed by atoms with Gasteiger partial charge in [0.25, 0.3) is 0 Å². The highest BCUT2D eigenvalue weighted by atomic mass is 32.2. The second-order valence-electron chi connectivity index (χ2n) is 6.27. The summed E-state index contributed by atoms with van der Waals surface area (Å²) in [5.74, 6) is 0.159. The van der Waals surface area contributed by atoms with Crippen molar-refractivity contribution in [1.82, 2.24) is 0 Å². The summed E-state index contributed by atoms with van der Waals surface area (Å²) in [5.41, 5.74) is 2.99. The molecule has 0 aromatic heterocycles. The molecule has 0 bridgehead atoms. The molecule has 0 spiro atoms. The van der Waals surface area contributed by atoms with Crippen LogP contribution in [0.25, 0.3) is 0 Å². The van der Waals surface area contributed by atoms with Gasteiger partial charge in [0.15, 0.2) is 0 Å². The van der Waals surface area contributed by atoms with Crippen LogP contribution in [0.3, 0.4) is 0 Å². The third-order valence-electron chi connectivity index (χ3n) is 3.99. The molecule has 0 saturated carbocycles. The molecule has 3 rings (SSSR count). The average molecular weight is 396 g/mol. The maximum Gasteiger partial charge on any atom is 0.339 e. The van der Waals surface area contributed by atoms with Gasteiger partial charge in [-0.1, -0.05) is 30.3 Å². The molecule has 3 aromatic rings. The lowest BCUT2D eigenvalue weighted by Crippen LogP contribution is -2.19. The number of rotatable bonds is 5. The number of anilines is 2. The lowest BCUT2D eigenvalue weighted by Gasteiger charge is -2.11. The van der Waals surface area contributed by atoms with Crippen molar-refractivity contribution in [3.63, 3.8) is 0 Å². The Balaban J connectivity index is 1.65. The molecule has 0 unspecified atom stereocenters. The third-order valence-corrected chi connectivity index (χ3v) is 5.23. The zero-order valence-corrected chi connectivity index (χ0v) is 16.3. The number of hydrogen-bond acceptors (Lipinski definition) is 4. The molecular formula is C21H20N2O4S. The standard InChI is InChI=1S/C21H20N2O4S/c1-15-6-5-8-19(14-15)28(25,26)27-18-12-10-17(11-13-18)22-21(24)23-20-9-4-3-7-16(20)2/h3-14H,1-2H3,(H2,22,23,24). The molecule has 0 aliphatic carbocycles. The zero-order chi connectivity index (χ0) is 20.1. The smallest absolute Gasteiger partial charge is 0.339 e. The highest BCUT2D eigenvalue weighted by Gasteiger charge is 2.16. The Morgan fingerprint density at radius 1 is 0.857 bits per heavy atom. The minimum Gasteiger partial charge on any atom is -0.379 e. The van der Waals surface area contributed by atoms with Gasteiger partial charge in [0, 0.05) is 11.4 Å². The van der Waals surface area contributed by atoms with E-state index in [1.807, 2.05) is 44.2 Å². The van der Waals surface area contributed by atoms with Crippen LogP contribution >= 0.6 is 0 Å². The summed E-state index contributed by atoms with van der Waals surface area (Å²) in [7, 11) is -3.92. The molecule has 6 nitrogen and oxygen atoms in total. The van der Waals surface area contributed by atoms with Gasteiger partial charge in [-0.25, -0.2) is 4.79 Å². The fourth-order valence-electron chi connectivity index (χ4n) is 2.54. The number of benzene rings is 3. The Hall–Kier alpha value is -3.32. The summed E-state index contributed by atoms with van der Waals surface area (Å²) in [5, 5.41) is 5.45. The second kappa shape index (κ2) is 8.14. The summed E-state index contributed by atoms with van der Waals surface area (Å²) in [6, 6.07) is 19.6. The number of urea groups is 1. The Morgan fingerprint density at radius 2 is 1.57 bits per heavy atom. The van der Waals surface area contributed by atoms with Gasteiger partial charge in [0.1, 0.15) is 10.6 Å². The first-order chi connectivity index (χ1) is 13.3. The summed E-state index contributed by atoms with van der Waals surface area (Å²) in [6.07, 6.45) is 0. The molecule has 2 N–H and O–H groups in total. The van der Waals surface area contributed by atoms with E-state index < -0.39 is 16.1 Å². The van der Waals surface area contributed by atoms with Gasteiger partial charge in [-0.2, -0.15) is 8.42 Å². The van der Waals surface area contributed by atoms with Gasteiger partial charge in [-0.05, 0) is 67.4 Å². The van der Waals surface area contributed by atoms with Crippen molar-refractivity contribution < 1.29 is 17.4 Å². The molecule has 144 valence electrons. The van der Waals surface area contributed by atoms with E-state index in [-0.39, 0.29) is 10.6 Å².